The molecule has 0 atom stereocenters. The fourth-order valence-electron chi connectivity index (χ4n) is 0.437. The number of carbonyl (C=O) groups is 1. The van der Waals surface area contributed by atoms with Gasteiger partial charge in [0, 0.05) is 12.6 Å². The largest absolute Gasteiger partial charge is 0.390 e. The lowest BCUT2D eigenvalue weighted by Gasteiger charge is -2.15. The summed E-state index contributed by atoms with van der Waals surface area (Å²) in [5, 5.41) is 14.6. The second kappa shape index (κ2) is 14.4. The monoisotopic (exact) mass is 234 g/mol. The van der Waals surface area contributed by atoms with Crippen molar-refractivity contribution in [3.8, 4) is 0 Å². The Balaban J connectivity index is -0.000000205. The van der Waals surface area contributed by atoms with Crippen molar-refractivity contribution >= 4 is 6.41 Å². The Morgan fingerprint density at radius 2 is 1.69 bits per heavy atom. The zero-order chi connectivity index (χ0) is 13.6. The molecule has 0 aliphatic rings. The Morgan fingerprint density at radius 3 is 1.88 bits per heavy atom. The van der Waals surface area contributed by atoms with E-state index in [0.717, 1.165) is 0 Å². The van der Waals surface area contributed by atoms with Gasteiger partial charge in [0.2, 0.25) is 6.41 Å². The van der Waals surface area contributed by atoms with Crippen LogP contribution in [0.1, 0.15) is 48.0 Å². The SMILES string of the molecule is CC.CC(C)(O)CCNC=O.CNC(C)C. The van der Waals surface area contributed by atoms with E-state index in [1.54, 1.807) is 13.8 Å². The zero-order valence-electron chi connectivity index (χ0n) is 11.9. The van der Waals surface area contributed by atoms with Gasteiger partial charge in [0.1, 0.15) is 0 Å². The van der Waals surface area contributed by atoms with E-state index in [9.17, 15) is 4.79 Å². The summed E-state index contributed by atoms with van der Waals surface area (Å²) in [6, 6.07) is 0.634. The number of amides is 1. The van der Waals surface area contributed by atoms with Crippen LogP contribution in [-0.4, -0.2) is 36.8 Å². The molecule has 0 aliphatic carbocycles. The average Bonchev–Trinajstić information content (AvgIpc) is 2.20. The molecule has 0 aromatic heterocycles. The number of carbonyl (C=O) groups excluding carboxylic acids is 1. The molecule has 0 heterocycles. The highest BCUT2D eigenvalue weighted by Gasteiger charge is 2.10. The van der Waals surface area contributed by atoms with Gasteiger partial charge in [0.15, 0.2) is 0 Å². The van der Waals surface area contributed by atoms with Gasteiger partial charge < -0.3 is 15.7 Å². The van der Waals surface area contributed by atoms with Crippen LogP contribution in [0.3, 0.4) is 0 Å². The first-order chi connectivity index (χ1) is 7.33. The summed E-state index contributed by atoms with van der Waals surface area (Å²) in [7, 11) is 1.95. The minimum Gasteiger partial charge on any atom is -0.390 e. The van der Waals surface area contributed by atoms with Gasteiger partial charge in [-0.05, 0) is 27.3 Å². The molecule has 0 fully saturated rings. The molecular weight excluding hydrogens is 204 g/mol. The summed E-state index contributed by atoms with van der Waals surface area (Å²) in [4.78, 5) is 9.70. The van der Waals surface area contributed by atoms with Gasteiger partial charge in [-0.25, -0.2) is 0 Å². The maximum Gasteiger partial charge on any atom is 0.207 e. The van der Waals surface area contributed by atoms with E-state index in [4.69, 9.17) is 5.11 Å². The number of aliphatic hydroxyl groups is 1. The third-order valence-corrected chi connectivity index (χ3v) is 1.54. The van der Waals surface area contributed by atoms with Crippen molar-refractivity contribution < 1.29 is 9.90 Å². The molecular formula is C12H30N2O2. The Bertz CT molecular complexity index is 131. The van der Waals surface area contributed by atoms with Crippen molar-refractivity contribution in [3.05, 3.63) is 0 Å². The van der Waals surface area contributed by atoms with E-state index in [-0.39, 0.29) is 0 Å². The van der Waals surface area contributed by atoms with Gasteiger partial charge in [-0.1, -0.05) is 27.7 Å². The van der Waals surface area contributed by atoms with E-state index < -0.39 is 5.60 Å². The van der Waals surface area contributed by atoms with Crippen molar-refractivity contribution in [3.63, 3.8) is 0 Å². The Morgan fingerprint density at radius 1 is 1.31 bits per heavy atom. The van der Waals surface area contributed by atoms with E-state index in [1.165, 1.54) is 0 Å². The minimum absolute atomic E-state index is 0.535. The molecule has 0 aromatic rings. The third-order valence-electron chi connectivity index (χ3n) is 1.54. The van der Waals surface area contributed by atoms with Crippen LogP contribution in [0.15, 0.2) is 0 Å². The predicted octanol–water partition coefficient (Wildman–Crippen LogP) is 1.53. The maximum atomic E-state index is 9.70. The summed E-state index contributed by atoms with van der Waals surface area (Å²) >= 11 is 0. The Kier molecular flexibility index (Phi) is 18.7. The lowest BCUT2D eigenvalue weighted by molar-refractivity contribution is -0.109. The standard InChI is InChI=1S/C6H13NO2.C4H11N.C2H6/c1-6(2,9)3-4-7-5-8;1-4(2)5-3;1-2/h5,9H,3-4H2,1-2H3,(H,7,8);4-5H,1-3H3;1-2H3. The molecule has 0 rings (SSSR count). The number of hydrogen-bond donors (Lipinski definition) is 3. The molecule has 0 aromatic carbocycles. The first-order valence-corrected chi connectivity index (χ1v) is 5.90. The van der Waals surface area contributed by atoms with E-state index >= 15 is 0 Å². The van der Waals surface area contributed by atoms with Gasteiger partial charge in [0.05, 0.1) is 5.60 Å². The summed E-state index contributed by atoms with van der Waals surface area (Å²) in [5.74, 6) is 0. The van der Waals surface area contributed by atoms with E-state index in [1.807, 2.05) is 20.9 Å². The predicted molar refractivity (Wildman–Crippen MR) is 70.5 cm³/mol. The molecule has 0 unspecified atom stereocenters. The van der Waals surface area contributed by atoms with Gasteiger partial charge in [0.25, 0.3) is 0 Å². The maximum absolute atomic E-state index is 9.70. The average molecular weight is 234 g/mol. The van der Waals surface area contributed by atoms with Crippen LogP contribution in [0, 0.1) is 0 Å². The molecule has 0 saturated heterocycles. The molecule has 0 saturated carbocycles. The van der Waals surface area contributed by atoms with Crippen molar-refractivity contribution in [2.75, 3.05) is 13.6 Å². The Labute approximate surface area is 101 Å². The van der Waals surface area contributed by atoms with Crippen LogP contribution in [0.25, 0.3) is 0 Å². The van der Waals surface area contributed by atoms with Crippen molar-refractivity contribution in [1.82, 2.24) is 10.6 Å². The van der Waals surface area contributed by atoms with Crippen molar-refractivity contribution in [2.45, 2.75) is 59.6 Å². The first kappa shape index (κ1) is 20.8. The molecule has 0 bridgehead atoms. The summed E-state index contributed by atoms with van der Waals surface area (Å²) < 4.78 is 0. The lowest BCUT2D eigenvalue weighted by Crippen LogP contribution is -2.25. The lowest BCUT2D eigenvalue weighted by atomic mass is 10.1. The molecule has 100 valence electrons. The molecule has 1 amide bonds. The zero-order valence-corrected chi connectivity index (χ0v) is 11.9. The minimum atomic E-state index is -0.671. The topological polar surface area (TPSA) is 61.4 Å². The van der Waals surface area contributed by atoms with Crippen LogP contribution in [0.4, 0.5) is 0 Å². The van der Waals surface area contributed by atoms with Gasteiger partial charge in [-0.2, -0.15) is 0 Å². The molecule has 0 aliphatic heterocycles. The Hall–Kier alpha value is -0.610. The van der Waals surface area contributed by atoms with E-state index in [0.29, 0.717) is 25.4 Å². The third kappa shape index (κ3) is 37.6. The number of rotatable bonds is 5. The normalized spacial score (nSPS) is 9.56. The highest BCUT2D eigenvalue weighted by Crippen LogP contribution is 2.04. The van der Waals surface area contributed by atoms with Crippen LogP contribution in [0.2, 0.25) is 0 Å². The fraction of sp³-hybridized carbons (Fsp3) is 0.917. The summed E-state index contributed by atoms with van der Waals surface area (Å²) in [5.41, 5.74) is -0.671. The number of hydrogen-bond acceptors (Lipinski definition) is 3. The summed E-state index contributed by atoms with van der Waals surface area (Å²) in [6.45, 7) is 12.2. The van der Waals surface area contributed by atoms with Crippen molar-refractivity contribution in [1.29, 1.82) is 0 Å². The smallest absolute Gasteiger partial charge is 0.207 e. The molecule has 16 heavy (non-hydrogen) atoms. The van der Waals surface area contributed by atoms with Gasteiger partial charge in [-0.3, -0.25) is 4.79 Å². The molecule has 0 radical (unpaired) electrons. The number of nitrogens with one attached hydrogen (secondary N) is 2. The molecule has 3 N–H and O–H groups in total. The van der Waals surface area contributed by atoms with Crippen LogP contribution in [-0.2, 0) is 4.79 Å². The van der Waals surface area contributed by atoms with Gasteiger partial charge in [-0.15, -0.1) is 0 Å². The second-order valence-corrected chi connectivity index (χ2v) is 4.08. The second-order valence-electron chi connectivity index (χ2n) is 4.08. The molecule has 0 spiro atoms. The quantitative estimate of drug-likeness (QED) is 0.499. The van der Waals surface area contributed by atoms with E-state index in [2.05, 4.69) is 24.5 Å². The first-order valence-electron chi connectivity index (χ1n) is 5.90. The molecule has 4 heteroatoms. The molecule has 4 nitrogen and oxygen atoms in total. The van der Waals surface area contributed by atoms with Crippen molar-refractivity contribution in [2.24, 2.45) is 0 Å². The fourth-order valence-corrected chi connectivity index (χ4v) is 0.437. The highest BCUT2D eigenvalue weighted by atomic mass is 16.3. The van der Waals surface area contributed by atoms with Crippen LogP contribution in [0.5, 0.6) is 0 Å². The van der Waals surface area contributed by atoms with Gasteiger partial charge >= 0.3 is 0 Å². The highest BCUT2D eigenvalue weighted by molar-refractivity contribution is 5.45. The van der Waals surface area contributed by atoms with Crippen LogP contribution < -0.4 is 10.6 Å². The van der Waals surface area contributed by atoms with Crippen LogP contribution >= 0.6 is 0 Å². The summed E-state index contributed by atoms with van der Waals surface area (Å²) in [6.07, 6.45) is 1.22.